The van der Waals surface area contributed by atoms with Crippen molar-refractivity contribution >= 4 is 11.6 Å². The second-order valence-corrected chi connectivity index (χ2v) is 4.52. The fourth-order valence-electron chi connectivity index (χ4n) is 1.36. The molecule has 2 atom stereocenters. The van der Waals surface area contributed by atoms with Crippen LogP contribution < -0.4 is 0 Å². The predicted molar refractivity (Wildman–Crippen MR) is 43.5 cm³/mol. The molecule has 2 heteroatoms. The highest BCUT2D eigenvalue weighted by atomic mass is 35.5. The second kappa shape index (κ2) is 2.71. The van der Waals surface area contributed by atoms with Crippen LogP contribution in [0.25, 0.3) is 0 Å². The zero-order chi connectivity index (χ0) is 7.78. The Balaban J connectivity index is 2.55. The SMILES string of the molecule is CC(C)(C)C1OCCC1Cl. The molecule has 0 radical (unpaired) electrons. The first-order valence-corrected chi connectivity index (χ1v) is 4.21. The van der Waals surface area contributed by atoms with E-state index in [4.69, 9.17) is 16.3 Å². The van der Waals surface area contributed by atoms with Crippen molar-refractivity contribution in [2.45, 2.75) is 38.7 Å². The monoisotopic (exact) mass is 162 g/mol. The Labute approximate surface area is 67.7 Å². The molecule has 2 unspecified atom stereocenters. The normalized spacial score (nSPS) is 34.8. The quantitative estimate of drug-likeness (QED) is 0.498. The van der Waals surface area contributed by atoms with E-state index in [0.717, 1.165) is 13.0 Å². The van der Waals surface area contributed by atoms with E-state index < -0.39 is 0 Å². The summed E-state index contributed by atoms with van der Waals surface area (Å²) in [5, 5.41) is 0.222. The molecule has 1 saturated heterocycles. The molecular weight excluding hydrogens is 148 g/mol. The van der Waals surface area contributed by atoms with Gasteiger partial charge in [-0.15, -0.1) is 11.6 Å². The summed E-state index contributed by atoms with van der Waals surface area (Å²) in [7, 11) is 0. The lowest BCUT2D eigenvalue weighted by Crippen LogP contribution is -2.31. The molecule has 0 aromatic heterocycles. The van der Waals surface area contributed by atoms with E-state index in [1.807, 2.05) is 0 Å². The van der Waals surface area contributed by atoms with Crippen molar-refractivity contribution in [2.24, 2.45) is 5.41 Å². The van der Waals surface area contributed by atoms with Crippen molar-refractivity contribution in [1.29, 1.82) is 0 Å². The minimum absolute atomic E-state index is 0.197. The Morgan fingerprint density at radius 2 is 2.00 bits per heavy atom. The van der Waals surface area contributed by atoms with Gasteiger partial charge in [0.15, 0.2) is 0 Å². The van der Waals surface area contributed by atoms with Crippen molar-refractivity contribution in [2.75, 3.05) is 6.61 Å². The summed E-state index contributed by atoms with van der Waals surface area (Å²) in [5.74, 6) is 0. The maximum atomic E-state index is 6.04. The fourth-order valence-corrected chi connectivity index (χ4v) is 1.90. The molecule has 1 aliphatic heterocycles. The number of hydrogen-bond acceptors (Lipinski definition) is 1. The van der Waals surface area contributed by atoms with Gasteiger partial charge in [0, 0.05) is 6.61 Å². The van der Waals surface area contributed by atoms with Gasteiger partial charge in [-0.05, 0) is 11.8 Å². The molecule has 1 heterocycles. The molecule has 10 heavy (non-hydrogen) atoms. The van der Waals surface area contributed by atoms with E-state index in [0.29, 0.717) is 0 Å². The van der Waals surface area contributed by atoms with Gasteiger partial charge in [-0.1, -0.05) is 20.8 Å². The van der Waals surface area contributed by atoms with Crippen molar-refractivity contribution in [1.82, 2.24) is 0 Å². The third-order valence-corrected chi connectivity index (χ3v) is 2.32. The van der Waals surface area contributed by atoms with Crippen LogP contribution in [-0.2, 0) is 4.74 Å². The molecule has 0 bridgehead atoms. The van der Waals surface area contributed by atoms with Gasteiger partial charge in [-0.25, -0.2) is 0 Å². The van der Waals surface area contributed by atoms with E-state index in [9.17, 15) is 0 Å². The van der Waals surface area contributed by atoms with Gasteiger partial charge in [-0.3, -0.25) is 0 Å². The van der Waals surface area contributed by atoms with Crippen LogP contribution in [0.1, 0.15) is 27.2 Å². The molecule has 0 aliphatic carbocycles. The van der Waals surface area contributed by atoms with Crippen molar-refractivity contribution in [3.05, 3.63) is 0 Å². The van der Waals surface area contributed by atoms with E-state index in [1.165, 1.54) is 0 Å². The summed E-state index contributed by atoms with van der Waals surface area (Å²) >= 11 is 6.04. The molecule has 1 fully saturated rings. The number of alkyl halides is 1. The Kier molecular flexibility index (Phi) is 2.26. The topological polar surface area (TPSA) is 9.23 Å². The number of hydrogen-bond donors (Lipinski definition) is 0. The van der Waals surface area contributed by atoms with Crippen LogP contribution in [0.2, 0.25) is 0 Å². The lowest BCUT2D eigenvalue weighted by atomic mass is 9.87. The van der Waals surface area contributed by atoms with Gasteiger partial charge in [-0.2, -0.15) is 0 Å². The maximum Gasteiger partial charge on any atom is 0.0787 e. The molecule has 0 N–H and O–H groups in total. The summed E-state index contributed by atoms with van der Waals surface area (Å²) in [5.41, 5.74) is 0.197. The van der Waals surface area contributed by atoms with Crippen LogP contribution in [0.5, 0.6) is 0 Å². The summed E-state index contributed by atoms with van der Waals surface area (Å²) in [6.45, 7) is 7.32. The molecular formula is C8H15ClO. The van der Waals surface area contributed by atoms with Gasteiger partial charge in [0.25, 0.3) is 0 Å². The lowest BCUT2D eigenvalue weighted by Gasteiger charge is -2.28. The van der Waals surface area contributed by atoms with Crippen molar-refractivity contribution < 1.29 is 4.74 Å². The first-order valence-electron chi connectivity index (χ1n) is 3.77. The van der Waals surface area contributed by atoms with E-state index >= 15 is 0 Å². The largest absolute Gasteiger partial charge is 0.376 e. The average Bonchev–Trinajstić information content (AvgIpc) is 2.11. The number of rotatable bonds is 0. The second-order valence-electron chi connectivity index (χ2n) is 3.96. The first kappa shape index (κ1) is 8.35. The molecule has 1 aliphatic rings. The molecule has 60 valence electrons. The van der Waals surface area contributed by atoms with Crippen LogP contribution >= 0.6 is 11.6 Å². The summed E-state index contributed by atoms with van der Waals surface area (Å²) in [6.07, 6.45) is 1.25. The molecule has 0 saturated carbocycles. The highest BCUT2D eigenvalue weighted by molar-refractivity contribution is 6.21. The van der Waals surface area contributed by atoms with E-state index in [-0.39, 0.29) is 16.9 Å². The Morgan fingerprint density at radius 3 is 2.20 bits per heavy atom. The molecule has 0 aromatic rings. The third-order valence-electron chi connectivity index (χ3n) is 1.87. The summed E-state index contributed by atoms with van der Waals surface area (Å²) in [6, 6.07) is 0. The lowest BCUT2D eigenvalue weighted by molar-refractivity contribution is 0.0306. The molecule has 0 spiro atoms. The van der Waals surface area contributed by atoms with Gasteiger partial charge in [0.2, 0.25) is 0 Å². The van der Waals surface area contributed by atoms with Crippen molar-refractivity contribution in [3.8, 4) is 0 Å². The van der Waals surface area contributed by atoms with Gasteiger partial charge >= 0.3 is 0 Å². The Hall–Kier alpha value is 0.250. The average molecular weight is 163 g/mol. The molecule has 0 aromatic carbocycles. The van der Waals surface area contributed by atoms with E-state index in [2.05, 4.69) is 20.8 Å². The third kappa shape index (κ3) is 1.64. The Bertz CT molecular complexity index is 117. The summed E-state index contributed by atoms with van der Waals surface area (Å²) < 4.78 is 5.50. The zero-order valence-corrected chi connectivity index (χ0v) is 7.61. The van der Waals surface area contributed by atoms with Crippen molar-refractivity contribution in [3.63, 3.8) is 0 Å². The Morgan fingerprint density at radius 1 is 1.40 bits per heavy atom. The molecule has 1 rings (SSSR count). The van der Waals surface area contributed by atoms with Crippen LogP contribution in [0, 0.1) is 5.41 Å². The van der Waals surface area contributed by atoms with Crippen LogP contribution in [0.4, 0.5) is 0 Å². The van der Waals surface area contributed by atoms with Gasteiger partial charge < -0.3 is 4.74 Å². The predicted octanol–water partition coefficient (Wildman–Crippen LogP) is 2.43. The smallest absolute Gasteiger partial charge is 0.0787 e. The minimum atomic E-state index is 0.197. The van der Waals surface area contributed by atoms with Gasteiger partial charge in [0.05, 0.1) is 11.5 Å². The fraction of sp³-hybridized carbons (Fsp3) is 1.00. The van der Waals surface area contributed by atoms with Crippen LogP contribution in [-0.4, -0.2) is 18.1 Å². The minimum Gasteiger partial charge on any atom is -0.376 e. The maximum absolute atomic E-state index is 6.04. The van der Waals surface area contributed by atoms with Crippen LogP contribution in [0.15, 0.2) is 0 Å². The number of ether oxygens (including phenoxy) is 1. The number of halogens is 1. The first-order chi connectivity index (χ1) is 4.52. The highest BCUT2D eigenvalue weighted by Gasteiger charge is 2.35. The van der Waals surface area contributed by atoms with Gasteiger partial charge in [0.1, 0.15) is 0 Å². The van der Waals surface area contributed by atoms with Crippen LogP contribution in [0.3, 0.4) is 0 Å². The zero-order valence-electron chi connectivity index (χ0n) is 6.86. The highest BCUT2D eigenvalue weighted by Crippen LogP contribution is 2.33. The summed E-state index contributed by atoms with van der Waals surface area (Å²) in [4.78, 5) is 0. The standard InChI is InChI=1S/C8H15ClO/c1-8(2,3)7-6(9)4-5-10-7/h6-7H,4-5H2,1-3H3. The molecule has 0 amide bonds. The molecule has 1 nitrogen and oxygen atoms in total. The van der Waals surface area contributed by atoms with E-state index in [1.54, 1.807) is 0 Å².